The fourth-order valence-electron chi connectivity index (χ4n) is 3.73. The van der Waals surface area contributed by atoms with E-state index in [1.54, 1.807) is 37.3 Å². The molecule has 1 aromatic carbocycles. The lowest BCUT2D eigenvalue weighted by Gasteiger charge is -2.36. The van der Waals surface area contributed by atoms with Gasteiger partial charge >= 0.3 is 0 Å². The summed E-state index contributed by atoms with van der Waals surface area (Å²) in [6.45, 7) is 6.76. The number of anilines is 1. The molecule has 0 unspecified atom stereocenters. The first-order chi connectivity index (χ1) is 15.2. The van der Waals surface area contributed by atoms with Gasteiger partial charge < -0.3 is 29.3 Å². The number of nitrogens with one attached hydrogen (secondary N) is 1. The molecule has 1 aromatic rings. The third-order valence-corrected chi connectivity index (χ3v) is 5.63. The van der Waals surface area contributed by atoms with Crippen molar-refractivity contribution >= 4 is 23.4 Å². The van der Waals surface area contributed by atoms with Gasteiger partial charge in [-0.15, -0.1) is 0 Å². The van der Waals surface area contributed by atoms with Gasteiger partial charge in [-0.05, 0) is 19.1 Å². The summed E-state index contributed by atoms with van der Waals surface area (Å²) >= 11 is 0. The van der Waals surface area contributed by atoms with Crippen LogP contribution in [0.4, 0.5) is 5.69 Å². The average molecular weight is 450 g/mol. The number of benzene rings is 1. The minimum atomic E-state index is -0.311. The number of rotatable bonds is 5. The molecule has 1 aliphatic heterocycles. The second-order valence-electron chi connectivity index (χ2n) is 8.19. The van der Waals surface area contributed by atoms with Gasteiger partial charge in [-0.1, -0.05) is 13.8 Å². The van der Waals surface area contributed by atoms with Gasteiger partial charge in [0.2, 0.25) is 11.8 Å². The molecule has 0 saturated heterocycles. The second-order valence-corrected chi connectivity index (χ2v) is 8.19. The van der Waals surface area contributed by atoms with Crippen molar-refractivity contribution in [3.63, 3.8) is 0 Å². The number of hydrogen-bond acceptors (Lipinski definition) is 6. The maximum atomic E-state index is 13.2. The van der Waals surface area contributed by atoms with Crippen LogP contribution in [0.25, 0.3) is 0 Å². The summed E-state index contributed by atoms with van der Waals surface area (Å²) in [5.74, 6) is -0.126. The highest BCUT2D eigenvalue weighted by atomic mass is 16.5. The fourth-order valence-corrected chi connectivity index (χ4v) is 3.73. The van der Waals surface area contributed by atoms with Crippen LogP contribution >= 0.6 is 0 Å². The lowest BCUT2D eigenvalue weighted by molar-refractivity contribution is -0.135. The summed E-state index contributed by atoms with van der Waals surface area (Å²) in [5.41, 5.74) is 0.867. The Morgan fingerprint density at radius 3 is 2.56 bits per heavy atom. The molecule has 0 bridgehead atoms. The van der Waals surface area contributed by atoms with Crippen molar-refractivity contribution in [3.8, 4) is 5.75 Å². The fraction of sp³-hybridized carbons (Fsp3) is 0.609. The second kappa shape index (κ2) is 11.8. The molecule has 0 aromatic heterocycles. The van der Waals surface area contributed by atoms with Crippen LogP contribution in [0.3, 0.4) is 0 Å². The molecule has 2 rings (SSSR count). The molecule has 0 aliphatic carbocycles. The van der Waals surface area contributed by atoms with Crippen molar-refractivity contribution in [1.29, 1.82) is 0 Å². The van der Waals surface area contributed by atoms with Crippen molar-refractivity contribution < 1.29 is 28.6 Å². The molecular weight excluding hydrogens is 414 g/mol. The third-order valence-electron chi connectivity index (χ3n) is 5.63. The Labute approximate surface area is 190 Å². The lowest BCUT2D eigenvalue weighted by Crippen LogP contribution is -2.48. The highest BCUT2D eigenvalue weighted by Crippen LogP contribution is 2.27. The molecule has 0 fully saturated rings. The molecule has 3 atom stereocenters. The van der Waals surface area contributed by atoms with Crippen LogP contribution in [0.5, 0.6) is 5.75 Å². The Morgan fingerprint density at radius 2 is 1.94 bits per heavy atom. The SMILES string of the molecule is CCC(=O)N1C[C@@H](C)[C@H](OC)CN(C)C(=O)c2ccc(NC(=O)COC)cc2OC[C@H]1C. The Morgan fingerprint density at radius 1 is 1.22 bits per heavy atom. The Hall–Kier alpha value is -2.65. The zero-order valence-corrected chi connectivity index (χ0v) is 19.8. The molecule has 0 spiro atoms. The van der Waals surface area contributed by atoms with E-state index in [1.165, 1.54) is 7.11 Å². The van der Waals surface area contributed by atoms with Gasteiger partial charge in [0, 0.05) is 58.4 Å². The van der Waals surface area contributed by atoms with Gasteiger partial charge in [-0.2, -0.15) is 0 Å². The summed E-state index contributed by atoms with van der Waals surface area (Å²) in [7, 11) is 4.77. The van der Waals surface area contributed by atoms with E-state index in [1.807, 2.05) is 25.7 Å². The molecule has 0 saturated carbocycles. The zero-order chi connectivity index (χ0) is 23.8. The summed E-state index contributed by atoms with van der Waals surface area (Å²) in [4.78, 5) is 41.1. The number of nitrogens with zero attached hydrogens (tertiary/aromatic N) is 2. The maximum Gasteiger partial charge on any atom is 0.257 e. The van der Waals surface area contributed by atoms with E-state index < -0.39 is 0 Å². The lowest BCUT2D eigenvalue weighted by atomic mass is 10.0. The predicted octanol–water partition coefficient (Wildman–Crippen LogP) is 2.01. The third kappa shape index (κ3) is 6.43. The van der Waals surface area contributed by atoms with E-state index in [0.717, 1.165) is 0 Å². The van der Waals surface area contributed by atoms with E-state index in [-0.39, 0.29) is 49.0 Å². The highest BCUT2D eigenvalue weighted by Gasteiger charge is 2.29. The number of methoxy groups -OCH3 is 2. The number of likely N-dealkylation sites (N-methyl/N-ethyl adjacent to an activating group) is 1. The molecule has 9 heteroatoms. The number of fused-ring (bicyclic) bond motifs is 1. The van der Waals surface area contributed by atoms with Crippen LogP contribution in [-0.4, -0.2) is 87.2 Å². The topological polar surface area (TPSA) is 97.4 Å². The average Bonchev–Trinajstić information content (AvgIpc) is 2.77. The first kappa shape index (κ1) is 25.6. The van der Waals surface area contributed by atoms with Crippen LogP contribution in [0.15, 0.2) is 18.2 Å². The van der Waals surface area contributed by atoms with Crippen molar-refractivity contribution in [2.45, 2.75) is 39.3 Å². The van der Waals surface area contributed by atoms with Crippen LogP contribution in [0, 0.1) is 5.92 Å². The van der Waals surface area contributed by atoms with Gasteiger partial charge in [0.15, 0.2) is 0 Å². The Kier molecular flexibility index (Phi) is 9.46. The minimum Gasteiger partial charge on any atom is -0.491 e. The van der Waals surface area contributed by atoms with Crippen LogP contribution in [-0.2, 0) is 19.1 Å². The maximum absolute atomic E-state index is 13.2. The summed E-state index contributed by atoms with van der Waals surface area (Å²) < 4.78 is 16.6. The van der Waals surface area contributed by atoms with Crippen molar-refractivity contribution in [2.75, 3.05) is 52.9 Å². The molecule has 1 aliphatic rings. The number of carbonyl (C=O) groups excluding carboxylic acids is 3. The van der Waals surface area contributed by atoms with Crippen molar-refractivity contribution in [1.82, 2.24) is 9.80 Å². The molecule has 3 amide bonds. The normalized spacial score (nSPS) is 22.3. The number of ether oxygens (including phenoxy) is 3. The van der Waals surface area contributed by atoms with E-state index in [0.29, 0.717) is 36.5 Å². The number of carbonyl (C=O) groups is 3. The van der Waals surface area contributed by atoms with E-state index in [9.17, 15) is 14.4 Å². The molecule has 1 heterocycles. The van der Waals surface area contributed by atoms with Gasteiger partial charge in [0.25, 0.3) is 5.91 Å². The first-order valence-electron chi connectivity index (χ1n) is 10.8. The van der Waals surface area contributed by atoms with E-state index >= 15 is 0 Å². The van der Waals surface area contributed by atoms with E-state index in [2.05, 4.69) is 5.32 Å². The summed E-state index contributed by atoms with van der Waals surface area (Å²) in [5, 5.41) is 2.72. The monoisotopic (exact) mass is 449 g/mol. The molecular formula is C23H35N3O6. The largest absolute Gasteiger partial charge is 0.491 e. The van der Waals surface area contributed by atoms with Gasteiger partial charge in [0.1, 0.15) is 19.0 Å². The predicted molar refractivity (Wildman–Crippen MR) is 121 cm³/mol. The summed E-state index contributed by atoms with van der Waals surface area (Å²) in [6.07, 6.45) is 0.152. The first-order valence-corrected chi connectivity index (χ1v) is 10.8. The summed E-state index contributed by atoms with van der Waals surface area (Å²) in [6, 6.07) is 4.69. The van der Waals surface area contributed by atoms with Gasteiger partial charge in [-0.3, -0.25) is 14.4 Å². The van der Waals surface area contributed by atoms with Crippen LogP contribution < -0.4 is 10.1 Å². The van der Waals surface area contributed by atoms with Crippen LogP contribution in [0.2, 0.25) is 0 Å². The molecule has 178 valence electrons. The zero-order valence-electron chi connectivity index (χ0n) is 19.8. The van der Waals surface area contributed by atoms with Gasteiger partial charge in [0.05, 0.1) is 17.7 Å². The van der Waals surface area contributed by atoms with Crippen LogP contribution in [0.1, 0.15) is 37.6 Å². The van der Waals surface area contributed by atoms with Crippen molar-refractivity contribution in [2.24, 2.45) is 5.92 Å². The van der Waals surface area contributed by atoms with Gasteiger partial charge in [-0.25, -0.2) is 0 Å². The quantitative estimate of drug-likeness (QED) is 0.739. The standard InChI is InChI=1S/C23H35N3O6/c1-7-22(28)26-11-15(2)20(31-6)12-25(4)23(29)18-9-8-17(24-21(27)14-30-5)10-19(18)32-13-16(26)3/h8-10,15-16,20H,7,11-14H2,1-6H3,(H,24,27)/t15-,16-,20-/m1/s1. The van der Waals surface area contributed by atoms with E-state index in [4.69, 9.17) is 14.2 Å². The number of hydrogen-bond donors (Lipinski definition) is 1. The molecule has 9 nitrogen and oxygen atoms in total. The van der Waals surface area contributed by atoms with Crippen molar-refractivity contribution in [3.05, 3.63) is 23.8 Å². The molecule has 0 radical (unpaired) electrons. The number of amides is 3. The Bertz CT molecular complexity index is 815. The smallest absolute Gasteiger partial charge is 0.257 e. The molecule has 1 N–H and O–H groups in total. The Balaban J connectivity index is 2.42. The highest BCUT2D eigenvalue weighted by molar-refractivity contribution is 5.98. The molecule has 32 heavy (non-hydrogen) atoms. The minimum absolute atomic E-state index is 0.0190.